The molecular weight excluding hydrogens is 368 g/mol. The minimum atomic E-state index is -0.410. The highest BCUT2D eigenvalue weighted by molar-refractivity contribution is 6.04. The molecule has 0 aliphatic carbocycles. The zero-order valence-electron chi connectivity index (χ0n) is 15.2. The van der Waals surface area contributed by atoms with Gasteiger partial charge in [-0.25, -0.2) is 19.9 Å². The van der Waals surface area contributed by atoms with Crippen LogP contribution in [0.4, 0.5) is 17.5 Å². The summed E-state index contributed by atoms with van der Waals surface area (Å²) in [6.45, 7) is 0. The summed E-state index contributed by atoms with van der Waals surface area (Å²) in [5.74, 6) is 1.27. The lowest BCUT2D eigenvalue weighted by molar-refractivity contribution is 0.102. The van der Waals surface area contributed by atoms with Gasteiger partial charge in [0.25, 0.3) is 5.91 Å². The molecule has 29 heavy (non-hydrogen) atoms. The van der Waals surface area contributed by atoms with Crippen molar-refractivity contribution in [2.24, 2.45) is 0 Å². The maximum atomic E-state index is 12.6. The number of carbonyl (C=O) groups is 1. The van der Waals surface area contributed by atoms with Gasteiger partial charge in [0.05, 0.1) is 0 Å². The van der Waals surface area contributed by atoms with E-state index in [4.69, 9.17) is 4.74 Å². The molecule has 2 N–H and O–H groups in total. The molecule has 0 radical (unpaired) electrons. The topological polar surface area (TPSA) is 102 Å². The van der Waals surface area contributed by atoms with Crippen molar-refractivity contribution in [1.29, 1.82) is 0 Å². The van der Waals surface area contributed by atoms with E-state index in [9.17, 15) is 4.79 Å². The van der Waals surface area contributed by atoms with Crippen LogP contribution in [0.2, 0.25) is 0 Å². The third-order valence-corrected chi connectivity index (χ3v) is 3.81. The number of nitrogens with zero attached hydrogens (tertiary/aromatic N) is 4. The second-order valence-corrected chi connectivity index (χ2v) is 5.85. The number of hydrogen-bond donors (Lipinski definition) is 2. The summed E-state index contributed by atoms with van der Waals surface area (Å²) in [6, 6.07) is 17.8. The average molecular weight is 384 g/mol. The molecular formula is C21H16N6O2. The zero-order valence-corrected chi connectivity index (χ0v) is 15.2. The summed E-state index contributed by atoms with van der Waals surface area (Å²) in [7, 11) is 0. The normalized spacial score (nSPS) is 10.2. The summed E-state index contributed by atoms with van der Waals surface area (Å²) in [6.07, 6.45) is 6.36. The molecule has 1 amide bonds. The van der Waals surface area contributed by atoms with E-state index in [1.54, 1.807) is 55.1 Å². The predicted octanol–water partition coefficient (Wildman–Crippen LogP) is 4.05. The van der Waals surface area contributed by atoms with Crippen LogP contribution in [-0.4, -0.2) is 25.8 Å². The van der Waals surface area contributed by atoms with Gasteiger partial charge in [0, 0.05) is 30.5 Å². The van der Waals surface area contributed by atoms with Crippen molar-refractivity contribution in [3.63, 3.8) is 0 Å². The molecule has 0 aliphatic rings. The molecule has 142 valence electrons. The molecule has 8 nitrogen and oxygen atoms in total. The molecule has 8 heteroatoms. The fraction of sp³-hybridized carbons (Fsp3) is 0. The van der Waals surface area contributed by atoms with Gasteiger partial charge in [-0.05, 0) is 54.6 Å². The molecule has 0 atom stereocenters. The van der Waals surface area contributed by atoms with Crippen LogP contribution in [0.25, 0.3) is 0 Å². The molecule has 0 fully saturated rings. The SMILES string of the molecule is O=C(Nc1ncccn1)c1cccnc1Oc1ccc(Nc2ccccn2)cc1. The van der Waals surface area contributed by atoms with E-state index >= 15 is 0 Å². The molecule has 0 aliphatic heterocycles. The van der Waals surface area contributed by atoms with Gasteiger partial charge >= 0.3 is 0 Å². The molecule has 4 aromatic rings. The highest BCUT2D eigenvalue weighted by atomic mass is 16.5. The first-order valence-electron chi connectivity index (χ1n) is 8.77. The van der Waals surface area contributed by atoms with E-state index < -0.39 is 5.91 Å². The number of rotatable bonds is 6. The Morgan fingerprint density at radius 3 is 2.28 bits per heavy atom. The monoisotopic (exact) mass is 384 g/mol. The molecule has 0 unspecified atom stereocenters. The van der Waals surface area contributed by atoms with E-state index in [0.717, 1.165) is 11.5 Å². The maximum absolute atomic E-state index is 12.6. The first-order chi connectivity index (χ1) is 14.3. The van der Waals surface area contributed by atoms with Crippen molar-refractivity contribution in [2.45, 2.75) is 0 Å². The number of hydrogen-bond acceptors (Lipinski definition) is 7. The summed E-state index contributed by atoms with van der Waals surface area (Å²) < 4.78 is 5.82. The molecule has 3 heterocycles. The van der Waals surface area contributed by atoms with Gasteiger partial charge in [-0.3, -0.25) is 10.1 Å². The van der Waals surface area contributed by atoms with Crippen LogP contribution in [0.1, 0.15) is 10.4 Å². The number of nitrogens with one attached hydrogen (secondary N) is 2. The Kier molecular flexibility index (Phi) is 5.34. The Hall–Kier alpha value is -4.33. The molecule has 0 bridgehead atoms. The largest absolute Gasteiger partial charge is 0.438 e. The second-order valence-electron chi connectivity index (χ2n) is 5.85. The van der Waals surface area contributed by atoms with Gasteiger partial charge in [-0.1, -0.05) is 6.07 Å². The van der Waals surface area contributed by atoms with Crippen molar-refractivity contribution in [3.8, 4) is 11.6 Å². The van der Waals surface area contributed by atoms with Crippen LogP contribution in [0.15, 0.2) is 85.5 Å². The van der Waals surface area contributed by atoms with Gasteiger partial charge in [0.1, 0.15) is 17.1 Å². The first kappa shape index (κ1) is 18.1. The summed E-state index contributed by atoms with van der Waals surface area (Å²) in [4.78, 5) is 28.9. The minimum Gasteiger partial charge on any atom is -0.438 e. The van der Waals surface area contributed by atoms with Crippen LogP contribution in [0.5, 0.6) is 11.6 Å². The molecule has 3 aromatic heterocycles. The fourth-order valence-electron chi connectivity index (χ4n) is 2.48. The number of anilines is 3. The van der Waals surface area contributed by atoms with E-state index in [2.05, 4.69) is 30.6 Å². The van der Waals surface area contributed by atoms with Crippen LogP contribution in [0.3, 0.4) is 0 Å². The van der Waals surface area contributed by atoms with Crippen molar-refractivity contribution < 1.29 is 9.53 Å². The average Bonchev–Trinajstić information content (AvgIpc) is 2.77. The van der Waals surface area contributed by atoms with Gasteiger partial charge in [0.2, 0.25) is 11.8 Å². The smallest absolute Gasteiger partial charge is 0.263 e. The van der Waals surface area contributed by atoms with Crippen molar-refractivity contribution in [2.75, 3.05) is 10.6 Å². The molecule has 1 aromatic carbocycles. The molecule has 4 rings (SSSR count). The Balaban J connectivity index is 1.47. The highest BCUT2D eigenvalue weighted by Gasteiger charge is 2.15. The lowest BCUT2D eigenvalue weighted by Crippen LogP contribution is -2.15. The number of amides is 1. The predicted molar refractivity (Wildman–Crippen MR) is 108 cm³/mol. The summed E-state index contributed by atoms with van der Waals surface area (Å²) in [5.41, 5.74) is 1.13. The number of aromatic nitrogens is 4. The molecule has 0 saturated carbocycles. The Morgan fingerprint density at radius 1 is 0.759 bits per heavy atom. The summed E-state index contributed by atoms with van der Waals surface area (Å²) in [5, 5.41) is 5.81. The van der Waals surface area contributed by atoms with Crippen LogP contribution in [0, 0.1) is 0 Å². The quantitative estimate of drug-likeness (QED) is 0.517. The van der Waals surface area contributed by atoms with Crippen LogP contribution < -0.4 is 15.4 Å². The van der Waals surface area contributed by atoms with E-state index in [1.165, 1.54) is 0 Å². The van der Waals surface area contributed by atoms with E-state index in [1.807, 2.05) is 30.3 Å². The maximum Gasteiger partial charge on any atom is 0.263 e. The van der Waals surface area contributed by atoms with Crippen molar-refractivity contribution >= 4 is 23.4 Å². The number of pyridine rings is 2. The third kappa shape index (κ3) is 4.69. The fourth-order valence-corrected chi connectivity index (χ4v) is 2.48. The van der Waals surface area contributed by atoms with Crippen LogP contribution in [-0.2, 0) is 0 Å². The second kappa shape index (κ2) is 8.57. The third-order valence-electron chi connectivity index (χ3n) is 3.81. The van der Waals surface area contributed by atoms with Gasteiger partial charge in [0.15, 0.2) is 0 Å². The van der Waals surface area contributed by atoms with Crippen molar-refractivity contribution in [1.82, 2.24) is 19.9 Å². The first-order valence-corrected chi connectivity index (χ1v) is 8.77. The van der Waals surface area contributed by atoms with Crippen molar-refractivity contribution in [3.05, 3.63) is 91.0 Å². The van der Waals surface area contributed by atoms with Crippen LogP contribution >= 0.6 is 0 Å². The zero-order chi connectivity index (χ0) is 19.9. The molecule has 0 saturated heterocycles. The lowest BCUT2D eigenvalue weighted by Gasteiger charge is -2.10. The highest BCUT2D eigenvalue weighted by Crippen LogP contribution is 2.25. The Morgan fingerprint density at radius 2 is 1.52 bits per heavy atom. The molecule has 0 spiro atoms. The lowest BCUT2D eigenvalue weighted by atomic mass is 10.2. The summed E-state index contributed by atoms with van der Waals surface area (Å²) >= 11 is 0. The number of ether oxygens (including phenoxy) is 1. The number of benzene rings is 1. The van der Waals surface area contributed by atoms with Gasteiger partial charge < -0.3 is 10.1 Å². The van der Waals surface area contributed by atoms with Gasteiger partial charge in [-0.2, -0.15) is 0 Å². The Labute approximate surface area is 166 Å². The van der Waals surface area contributed by atoms with E-state index in [-0.39, 0.29) is 17.4 Å². The standard InChI is InChI=1S/C21H16N6O2/c28-19(27-21-24-13-4-14-25-21)17-5-3-12-23-20(17)29-16-9-7-15(8-10-16)26-18-6-1-2-11-22-18/h1-14H,(H,22,26)(H,24,25,27,28). The number of carbonyl (C=O) groups excluding carboxylic acids is 1. The van der Waals surface area contributed by atoms with Gasteiger partial charge in [-0.15, -0.1) is 0 Å². The Bertz CT molecular complexity index is 1090. The minimum absolute atomic E-state index is 0.186. The van der Waals surface area contributed by atoms with E-state index in [0.29, 0.717) is 5.75 Å².